The lowest BCUT2D eigenvalue weighted by molar-refractivity contribution is 0.337. The molecule has 0 atom stereocenters. The van der Waals surface area contributed by atoms with E-state index in [0.29, 0.717) is 13.2 Å². The molecule has 0 bridgehead atoms. The number of aromatic nitrogens is 1. The van der Waals surface area contributed by atoms with Crippen LogP contribution in [0.25, 0.3) is 0 Å². The SMILES string of the molecule is CCOc1ccccc1CNc1cncc(Br)c1. The summed E-state index contributed by atoms with van der Waals surface area (Å²) in [6.45, 7) is 3.38. The number of pyridine rings is 1. The van der Waals surface area contributed by atoms with Crippen molar-refractivity contribution in [2.45, 2.75) is 13.5 Å². The number of ether oxygens (including phenoxy) is 1. The van der Waals surface area contributed by atoms with Crippen molar-refractivity contribution in [3.05, 3.63) is 52.8 Å². The minimum absolute atomic E-state index is 0.676. The third-order valence-corrected chi connectivity index (χ3v) is 2.89. The van der Waals surface area contributed by atoms with Crippen LogP contribution in [0.2, 0.25) is 0 Å². The van der Waals surface area contributed by atoms with Crippen LogP contribution in [0.4, 0.5) is 5.69 Å². The fraction of sp³-hybridized carbons (Fsp3) is 0.214. The Kier molecular flexibility index (Phi) is 4.59. The first-order chi connectivity index (χ1) is 8.79. The minimum atomic E-state index is 0.676. The molecule has 0 saturated heterocycles. The van der Waals surface area contributed by atoms with Crippen LogP contribution in [-0.2, 0) is 6.54 Å². The highest BCUT2D eigenvalue weighted by atomic mass is 79.9. The first-order valence-electron chi connectivity index (χ1n) is 5.84. The van der Waals surface area contributed by atoms with Crippen LogP contribution in [0.1, 0.15) is 12.5 Å². The van der Waals surface area contributed by atoms with Gasteiger partial charge < -0.3 is 10.1 Å². The summed E-state index contributed by atoms with van der Waals surface area (Å²) in [4.78, 5) is 4.11. The van der Waals surface area contributed by atoms with Crippen LogP contribution in [-0.4, -0.2) is 11.6 Å². The molecule has 1 aromatic carbocycles. The van der Waals surface area contributed by atoms with E-state index in [1.165, 1.54) is 0 Å². The van der Waals surface area contributed by atoms with Gasteiger partial charge in [-0.3, -0.25) is 4.98 Å². The van der Waals surface area contributed by atoms with E-state index >= 15 is 0 Å². The van der Waals surface area contributed by atoms with Gasteiger partial charge in [-0.2, -0.15) is 0 Å². The quantitative estimate of drug-likeness (QED) is 0.911. The molecule has 1 heterocycles. The van der Waals surface area contributed by atoms with Gasteiger partial charge in [0.05, 0.1) is 18.5 Å². The molecule has 4 heteroatoms. The summed E-state index contributed by atoms with van der Waals surface area (Å²) < 4.78 is 6.55. The second kappa shape index (κ2) is 6.40. The van der Waals surface area contributed by atoms with Crippen LogP contribution in [0, 0.1) is 0 Å². The third kappa shape index (κ3) is 3.47. The van der Waals surface area contributed by atoms with E-state index in [0.717, 1.165) is 21.5 Å². The summed E-state index contributed by atoms with van der Waals surface area (Å²) in [5, 5.41) is 3.33. The molecule has 94 valence electrons. The predicted molar refractivity (Wildman–Crippen MR) is 76.9 cm³/mol. The second-order valence-corrected chi connectivity index (χ2v) is 4.70. The highest BCUT2D eigenvalue weighted by molar-refractivity contribution is 9.10. The summed E-state index contributed by atoms with van der Waals surface area (Å²) in [6, 6.07) is 10.0. The third-order valence-electron chi connectivity index (χ3n) is 2.46. The van der Waals surface area contributed by atoms with Gasteiger partial charge in [0, 0.05) is 22.8 Å². The van der Waals surface area contributed by atoms with Gasteiger partial charge in [0.2, 0.25) is 0 Å². The second-order valence-electron chi connectivity index (χ2n) is 3.79. The van der Waals surface area contributed by atoms with E-state index < -0.39 is 0 Å². The molecule has 2 rings (SSSR count). The fourth-order valence-corrected chi connectivity index (χ4v) is 2.02. The van der Waals surface area contributed by atoms with E-state index in [2.05, 4.69) is 32.3 Å². The molecule has 0 saturated carbocycles. The Balaban J connectivity index is 2.06. The van der Waals surface area contributed by atoms with Crippen molar-refractivity contribution >= 4 is 21.6 Å². The van der Waals surface area contributed by atoms with Gasteiger partial charge in [0.25, 0.3) is 0 Å². The highest BCUT2D eigenvalue weighted by Gasteiger charge is 2.02. The summed E-state index contributed by atoms with van der Waals surface area (Å²) in [7, 11) is 0. The molecule has 2 aromatic rings. The van der Waals surface area contributed by atoms with Crippen molar-refractivity contribution in [3.8, 4) is 5.75 Å². The number of rotatable bonds is 5. The number of nitrogens with zero attached hydrogens (tertiary/aromatic N) is 1. The van der Waals surface area contributed by atoms with Crippen LogP contribution >= 0.6 is 15.9 Å². The lowest BCUT2D eigenvalue weighted by Crippen LogP contribution is -2.03. The van der Waals surface area contributed by atoms with Crippen LogP contribution in [0.3, 0.4) is 0 Å². The number of benzene rings is 1. The zero-order chi connectivity index (χ0) is 12.8. The number of para-hydroxylation sites is 1. The van der Waals surface area contributed by atoms with E-state index in [1.54, 1.807) is 12.4 Å². The molecule has 0 fully saturated rings. The van der Waals surface area contributed by atoms with Crippen molar-refractivity contribution in [2.24, 2.45) is 0 Å². The van der Waals surface area contributed by atoms with Crippen LogP contribution < -0.4 is 10.1 Å². The van der Waals surface area contributed by atoms with Gasteiger partial charge >= 0.3 is 0 Å². The van der Waals surface area contributed by atoms with E-state index in [9.17, 15) is 0 Å². The molecule has 0 aliphatic carbocycles. The maximum atomic E-state index is 5.58. The molecule has 0 aliphatic rings. The predicted octanol–water partition coefficient (Wildman–Crippen LogP) is 3.85. The van der Waals surface area contributed by atoms with E-state index in [4.69, 9.17) is 4.74 Å². The average Bonchev–Trinajstić information content (AvgIpc) is 2.38. The Morgan fingerprint density at radius 2 is 2.11 bits per heavy atom. The van der Waals surface area contributed by atoms with Gasteiger partial charge in [-0.15, -0.1) is 0 Å². The number of hydrogen-bond acceptors (Lipinski definition) is 3. The van der Waals surface area contributed by atoms with Crippen molar-refractivity contribution in [1.82, 2.24) is 4.98 Å². The zero-order valence-corrected chi connectivity index (χ0v) is 11.8. The Hall–Kier alpha value is -1.55. The maximum Gasteiger partial charge on any atom is 0.124 e. The number of nitrogens with one attached hydrogen (secondary N) is 1. The smallest absolute Gasteiger partial charge is 0.124 e. The molecule has 0 unspecified atom stereocenters. The average molecular weight is 307 g/mol. The normalized spacial score (nSPS) is 10.1. The van der Waals surface area contributed by atoms with Gasteiger partial charge in [0.1, 0.15) is 5.75 Å². The Morgan fingerprint density at radius 1 is 1.28 bits per heavy atom. The molecule has 0 aliphatic heterocycles. The van der Waals surface area contributed by atoms with Gasteiger partial charge in [-0.25, -0.2) is 0 Å². The highest BCUT2D eigenvalue weighted by Crippen LogP contribution is 2.20. The molecule has 0 amide bonds. The summed E-state index contributed by atoms with van der Waals surface area (Å²) in [6.07, 6.45) is 3.56. The standard InChI is InChI=1S/C14H15BrN2O/c1-2-18-14-6-4-3-5-11(14)8-17-13-7-12(15)9-16-10-13/h3-7,9-10,17H,2,8H2,1H3. The van der Waals surface area contributed by atoms with E-state index in [1.807, 2.05) is 31.2 Å². The molecule has 3 nitrogen and oxygen atoms in total. The Bertz CT molecular complexity index is 517. The number of anilines is 1. The van der Waals surface area contributed by atoms with Gasteiger partial charge in [0.15, 0.2) is 0 Å². The largest absolute Gasteiger partial charge is 0.494 e. The first kappa shape index (κ1) is 12.9. The van der Waals surface area contributed by atoms with Crippen molar-refractivity contribution in [1.29, 1.82) is 0 Å². The summed E-state index contributed by atoms with van der Waals surface area (Å²) in [5.41, 5.74) is 2.12. The molecule has 18 heavy (non-hydrogen) atoms. The Morgan fingerprint density at radius 3 is 2.89 bits per heavy atom. The fourth-order valence-electron chi connectivity index (χ4n) is 1.65. The lowest BCUT2D eigenvalue weighted by atomic mass is 10.2. The Labute approximate surface area is 115 Å². The van der Waals surface area contributed by atoms with Crippen LogP contribution in [0.5, 0.6) is 5.75 Å². The van der Waals surface area contributed by atoms with Crippen molar-refractivity contribution < 1.29 is 4.74 Å². The molecule has 1 aromatic heterocycles. The summed E-state index contributed by atoms with van der Waals surface area (Å²) >= 11 is 3.40. The lowest BCUT2D eigenvalue weighted by Gasteiger charge is -2.11. The topological polar surface area (TPSA) is 34.1 Å². The number of hydrogen-bond donors (Lipinski definition) is 1. The van der Waals surface area contributed by atoms with Gasteiger partial charge in [-0.05, 0) is 35.0 Å². The molecule has 1 N–H and O–H groups in total. The minimum Gasteiger partial charge on any atom is -0.494 e. The van der Waals surface area contributed by atoms with Crippen molar-refractivity contribution in [3.63, 3.8) is 0 Å². The maximum absolute atomic E-state index is 5.58. The first-order valence-corrected chi connectivity index (χ1v) is 6.64. The monoisotopic (exact) mass is 306 g/mol. The molecule has 0 spiro atoms. The van der Waals surface area contributed by atoms with Crippen LogP contribution in [0.15, 0.2) is 47.2 Å². The van der Waals surface area contributed by atoms with E-state index in [-0.39, 0.29) is 0 Å². The summed E-state index contributed by atoms with van der Waals surface area (Å²) in [5.74, 6) is 0.926. The molecular formula is C14H15BrN2O. The number of halogens is 1. The molecular weight excluding hydrogens is 292 g/mol. The van der Waals surface area contributed by atoms with Gasteiger partial charge in [-0.1, -0.05) is 18.2 Å². The zero-order valence-electron chi connectivity index (χ0n) is 10.2. The molecule has 0 radical (unpaired) electrons. The van der Waals surface area contributed by atoms with Crippen molar-refractivity contribution in [2.75, 3.05) is 11.9 Å².